The largest absolute Gasteiger partial charge is 0.486 e. The molecule has 9 heteroatoms. The Morgan fingerprint density at radius 2 is 2.03 bits per heavy atom. The van der Waals surface area contributed by atoms with E-state index in [4.69, 9.17) is 21.1 Å². The van der Waals surface area contributed by atoms with Gasteiger partial charge in [-0.05, 0) is 55.4 Å². The first-order valence-corrected chi connectivity index (χ1v) is 12.1. The van der Waals surface area contributed by atoms with Crippen LogP contribution in [0.2, 0.25) is 5.02 Å². The van der Waals surface area contributed by atoms with Gasteiger partial charge >= 0.3 is 0 Å². The number of ether oxygens (including phenoxy) is 2. The van der Waals surface area contributed by atoms with Crippen LogP contribution in [-0.4, -0.2) is 55.1 Å². The number of carbonyl (C=O) groups is 2. The van der Waals surface area contributed by atoms with Crippen LogP contribution >= 0.6 is 22.9 Å². The standard InChI is InChI=1S/C23H26ClN3O4S/c1-15-8-17(2-3-18(15)24)31-10-16(28)9-22-12-23(13-22,14-22)26-20(29)19-11-32-21(25-19)27-4-6-30-7-5-27/h2-3,8,11H,4-7,9-10,12-14H2,1H3,(H,26,29). The SMILES string of the molecule is Cc1cc(OCC(=O)CC23CC(NC(=O)c4csc(N5CCOCC5)n4)(C2)C3)ccc1Cl. The molecule has 32 heavy (non-hydrogen) atoms. The van der Waals surface area contributed by atoms with Gasteiger partial charge in [0.1, 0.15) is 18.1 Å². The minimum atomic E-state index is -0.172. The first kappa shape index (κ1) is 21.7. The van der Waals surface area contributed by atoms with E-state index in [0.29, 0.717) is 36.1 Å². The van der Waals surface area contributed by atoms with Gasteiger partial charge in [0, 0.05) is 35.5 Å². The van der Waals surface area contributed by atoms with Crippen LogP contribution < -0.4 is 15.0 Å². The van der Waals surface area contributed by atoms with Crippen molar-refractivity contribution in [1.29, 1.82) is 0 Å². The second kappa shape index (κ2) is 8.32. The van der Waals surface area contributed by atoms with Crippen molar-refractivity contribution in [3.05, 3.63) is 39.9 Å². The molecule has 170 valence electrons. The maximum atomic E-state index is 12.7. The summed E-state index contributed by atoms with van der Waals surface area (Å²) in [6, 6.07) is 5.39. The highest BCUT2D eigenvalue weighted by Gasteiger charge is 2.68. The molecule has 4 fully saturated rings. The van der Waals surface area contributed by atoms with Gasteiger partial charge in [0.2, 0.25) is 0 Å². The van der Waals surface area contributed by atoms with Crippen molar-refractivity contribution in [2.24, 2.45) is 5.41 Å². The third kappa shape index (κ3) is 4.23. The van der Waals surface area contributed by atoms with Gasteiger partial charge in [0.25, 0.3) is 5.91 Å². The average Bonchev–Trinajstić information content (AvgIpc) is 3.23. The molecule has 6 rings (SSSR count). The summed E-state index contributed by atoms with van der Waals surface area (Å²) in [4.78, 5) is 31.8. The lowest BCUT2D eigenvalue weighted by molar-refractivity contribution is -0.162. The fourth-order valence-corrected chi connectivity index (χ4v) is 6.21. The molecule has 3 aliphatic carbocycles. The molecular formula is C23H26ClN3O4S. The molecule has 4 aliphatic rings. The van der Waals surface area contributed by atoms with E-state index in [9.17, 15) is 9.59 Å². The number of hydrogen-bond acceptors (Lipinski definition) is 7. The number of hydrogen-bond donors (Lipinski definition) is 1. The predicted molar refractivity (Wildman–Crippen MR) is 123 cm³/mol. The van der Waals surface area contributed by atoms with Crippen molar-refractivity contribution in [1.82, 2.24) is 10.3 Å². The molecule has 1 amide bonds. The van der Waals surface area contributed by atoms with Gasteiger partial charge in [0.15, 0.2) is 10.9 Å². The number of amides is 1. The molecule has 2 bridgehead atoms. The van der Waals surface area contributed by atoms with Gasteiger partial charge in [-0.15, -0.1) is 11.3 Å². The lowest BCUT2D eigenvalue weighted by atomic mass is 9.38. The summed E-state index contributed by atoms with van der Waals surface area (Å²) in [6.07, 6.45) is 3.03. The Kier molecular flexibility index (Phi) is 5.63. The lowest BCUT2D eigenvalue weighted by Gasteiger charge is -2.70. The van der Waals surface area contributed by atoms with Crippen LogP contribution in [-0.2, 0) is 9.53 Å². The molecule has 1 aliphatic heterocycles. The Morgan fingerprint density at radius 3 is 2.75 bits per heavy atom. The zero-order valence-electron chi connectivity index (χ0n) is 18.0. The third-order valence-corrected chi connectivity index (χ3v) is 7.95. The van der Waals surface area contributed by atoms with Gasteiger partial charge in [-0.25, -0.2) is 4.98 Å². The number of nitrogens with one attached hydrogen (secondary N) is 1. The Labute approximate surface area is 196 Å². The van der Waals surface area contributed by atoms with E-state index in [-0.39, 0.29) is 29.3 Å². The molecule has 1 saturated heterocycles. The third-order valence-electron chi connectivity index (χ3n) is 6.63. The van der Waals surface area contributed by atoms with Crippen LogP contribution in [0.15, 0.2) is 23.6 Å². The van der Waals surface area contributed by atoms with Crippen LogP contribution in [0.3, 0.4) is 0 Å². The summed E-state index contributed by atoms with van der Waals surface area (Å²) in [5.41, 5.74) is 1.24. The molecule has 7 nitrogen and oxygen atoms in total. The summed E-state index contributed by atoms with van der Waals surface area (Å²) < 4.78 is 11.0. The second-order valence-electron chi connectivity index (χ2n) is 9.29. The van der Waals surface area contributed by atoms with Gasteiger partial charge in [-0.1, -0.05) is 11.6 Å². The van der Waals surface area contributed by atoms with E-state index in [2.05, 4.69) is 15.2 Å². The lowest BCUT2D eigenvalue weighted by Crippen LogP contribution is -2.75. The van der Waals surface area contributed by atoms with E-state index in [0.717, 1.165) is 43.0 Å². The number of thiazole rings is 1. The van der Waals surface area contributed by atoms with Crippen LogP contribution in [0.25, 0.3) is 0 Å². The summed E-state index contributed by atoms with van der Waals surface area (Å²) in [5.74, 6) is 0.620. The summed E-state index contributed by atoms with van der Waals surface area (Å²) in [7, 11) is 0. The minimum Gasteiger partial charge on any atom is -0.486 e. The Balaban J connectivity index is 1.08. The molecule has 0 spiro atoms. The van der Waals surface area contributed by atoms with E-state index in [1.54, 1.807) is 12.1 Å². The number of aryl methyl sites for hydroxylation is 1. The molecule has 2 aromatic rings. The van der Waals surface area contributed by atoms with E-state index in [1.807, 2.05) is 18.4 Å². The Bertz CT molecular complexity index is 1030. The zero-order chi connectivity index (χ0) is 22.3. The molecule has 0 radical (unpaired) electrons. The molecule has 1 N–H and O–H groups in total. The fourth-order valence-electron chi connectivity index (χ4n) is 5.23. The number of morpholine rings is 1. The number of rotatable bonds is 8. The molecule has 1 aromatic heterocycles. The summed E-state index contributed by atoms with van der Waals surface area (Å²) in [6.45, 7) is 4.95. The van der Waals surface area contributed by atoms with E-state index < -0.39 is 0 Å². The molecule has 2 heterocycles. The van der Waals surface area contributed by atoms with Gasteiger partial charge in [-0.2, -0.15) is 0 Å². The van der Waals surface area contributed by atoms with Crippen LogP contribution in [0.1, 0.15) is 41.7 Å². The topological polar surface area (TPSA) is 80.8 Å². The normalized spacial score (nSPS) is 26.1. The summed E-state index contributed by atoms with van der Waals surface area (Å²) in [5, 5.41) is 6.54. The van der Waals surface area contributed by atoms with Crippen molar-refractivity contribution in [3.8, 4) is 5.75 Å². The quantitative estimate of drug-likeness (QED) is 0.628. The van der Waals surface area contributed by atoms with Crippen molar-refractivity contribution in [2.75, 3.05) is 37.8 Å². The number of ketones is 1. The van der Waals surface area contributed by atoms with Crippen LogP contribution in [0.4, 0.5) is 5.13 Å². The number of halogens is 1. The van der Waals surface area contributed by atoms with Crippen LogP contribution in [0.5, 0.6) is 5.75 Å². The van der Waals surface area contributed by atoms with Crippen molar-refractivity contribution in [2.45, 2.75) is 38.1 Å². The number of Topliss-reactive ketones (excluding diaryl/α,β-unsaturated/α-hetero) is 1. The maximum Gasteiger partial charge on any atom is 0.271 e. The molecule has 0 unspecified atom stereocenters. The molecule has 3 saturated carbocycles. The maximum absolute atomic E-state index is 12.7. The molecule has 0 atom stereocenters. The Hall–Kier alpha value is -2.16. The number of aromatic nitrogens is 1. The van der Waals surface area contributed by atoms with Gasteiger partial charge < -0.3 is 19.7 Å². The smallest absolute Gasteiger partial charge is 0.271 e. The number of anilines is 1. The number of carbonyl (C=O) groups excluding carboxylic acids is 2. The first-order valence-electron chi connectivity index (χ1n) is 10.9. The molecular weight excluding hydrogens is 450 g/mol. The number of benzene rings is 1. The zero-order valence-corrected chi connectivity index (χ0v) is 19.6. The number of nitrogens with zero attached hydrogens (tertiary/aromatic N) is 2. The van der Waals surface area contributed by atoms with Crippen molar-refractivity contribution >= 4 is 39.8 Å². The first-order chi connectivity index (χ1) is 15.4. The minimum absolute atomic E-state index is 0.0185. The summed E-state index contributed by atoms with van der Waals surface area (Å²) >= 11 is 7.52. The average molecular weight is 476 g/mol. The van der Waals surface area contributed by atoms with Crippen LogP contribution in [0, 0.1) is 12.3 Å². The van der Waals surface area contributed by atoms with E-state index in [1.165, 1.54) is 11.3 Å². The fraction of sp³-hybridized carbons (Fsp3) is 0.522. The van der Waals surface area contributed by atoms with Gasteiger partial charge in [-0.3, -0.25) is 9.59 Å². The van der Waals surface area contributed by atoms with Gasteiger partial charge in [0.05, 0.1) is 13.2 Å². The second-order valence-corrected chi connectivity index (χ2v) is 10.5. The highest BCUT2D eigenvalue weighted by molar-refractivity contribution is 7.13. The highest BCUT2D eigenvalue weighted by atomic mass is 35.5. The molecule has 1 aromatic carbocycles. The van der Waals surface area contributed by atoms with Crippen molar-refractivity contribution in [3.63, 3.8) is 0 Å². The highest BCUT2D eigenvalue weighted by Crippen LogP contribution is 2.69. The van der Waals surface area contributed by atoms with Crippen molar-refractivity contribution < 1.29 is 19.1 Å². The monoisotopic (exact) mass is 475 g/mol. The van der Waals surface area contributed by atoms with E-state index >= 15 is 0 Å². The Morgan fingerprint density at radius 1 is 1.28 bits per heavy atom. The predicted octanol–water partition coefficient (Wildman–Crippen LogP) is 3.63.